The average molecular weight is 408 g/mol. The van der Waals surface area contributed by atoms with Crippen LogP contribution in [0.2, 0.25) is 5.02 Å². The van der Waals surface area contributed by atoms with Crippen LogP contribution in [0.3, 0.4) is 0 Å². The van der Waals surface area contributed by atoms with E-state index in [9.17, 15) is 4.79 Å². The number of amides is 1. The highest BCUT2D eigenvalue weighted by molar-refractivity contribution is 6.30. The highest BCUT2D eigenvalue weighted by Gasteiger charge is 2.25. The predicted molar refractivity (Wildman–Crippen MR) is 113 cm³/mol. The minimum absolute atomic E-state index is 0.0289. The van der Waals surface area contributed by atoms with E-state index in [1.165, 1.54) is 0 Å². The highest BCUT2D eigenvalue weighted by Crippen LogP contribution is 2.23. The maximum absolute atomic E-state index is 12.5. The maximum atomic E-state index is 12.5. The highest BCUT2D eigenvalue weighted by atomic mass is 35.5. The molecule has 7 heteroatoms. The molecular formula is C22H22ClN5O. The van der Waals surface area contributed by atoms with Gasteiger partial charge < -0.3 is 10.2 Å². The Morgan fingerprint density at radius 2 is 1.86 bits per heavy atom. The molecule has 1 aromatic carbocycles. The number of piperidine rings is 1. The van der Waals surface area contributed by atoms with Crippen LogP contribution in [0.15, 0.2) is 60.9 Å². The van der Waals surface area contributed by atoms with Crippen molar-refractivity contribution in [2.24, 2.45) is 5.92 Å². The second-order valence-electron chi connectivity index (χ2n) is 7.12. The van der Waals surface area contributed by atoms with Crippen molar-refractivity contribution >= 4 is 23.3 Å². The third-order valence-corrected chi connectivity index (χ3v) is 5.43. The van der Waals surface area contributed by atoms with Crippen LogP contribution in [0.1, 0.15) is 18.4 Å². The summed E-state index contributed by atoms with van der Waals surface area (Å²) >= 11 is 5.90. The molecule has 0 unspecified atom stereocenters. The fourth-order valence-corrected chi connectivity index (χ4v) is 3.59. The molecule has 29 heavy (non-hydrogen) atoms. The molecule has 148 valence electrons. The summed E-state index contributed by atoms with van der Waals surface area (Å²) in [5.74, 6) is 0.983. The Morgan fingerprint density at radius 1 is 1.07 bits per heavy atom. The van der Waals surface area contributed by atoms with Crippen LogP contribution >= 0.6 is 11.6 Å². The minimum atomic E-state index is 0.0289. The summed E-state index contributed by atoms with van der Waals surface area (Å²) in [4.78, 5) is 18.8. The summed E-state index contributed by atoms with van der Waals surface area (Å²) < 4.78 is 0. The summed E-state index contributed by atoms with van der Waals surface area (Å²) in [6.45, 7) is 2.11. The molecule has 0 radical (unpaired) electrons. The topological polar surface area (TPSA) is 71.0 Å². The molecule has 0 bridgehead atoms. The van der Waals surface area contributed by atoms with Crippen LogP contribution < -0.4 is 10.2 Å². The fourth-order valence-electron chi connectivity index (χ4n) is 3.47. The summed E-state index contributed by atoms with van der Waals surface area (Å²) in [5.41, 5.74) is 2.80. The monoisotopic (exact) mass is 407 g/mol. The largest absolute Gasteiger partial charge is 0.355 e. The quantitative estimate of drug-likeness (QED) is 0.697. The first kappa shape index (κ1) is 19.3. The van der Waals surface area contributed by atoms with Crippen molar-refractivity contribution in [1.29, 1.82) is 0 Å². The number of carbonyl (C=O) groups is 1. The number of halogens is 1. The van der Waals surface area contributed by atoms with E-state index in [-0.39, 0.29) is 11.8 Å². The lowest BCUT2D eigenvalue weighted by molar-refractivity contribution is -0.125. The lowest BCUT2D eigenvalue weighted by Crippen LogP contribution is -2.40. The van der Waals surface area contributed by atoms with Crippen molar-refractivity contribution in [3.05, 3.63) is 71.5 Å². The first-order chi connectivity index (χ1) is 14.2. The number of hydrogen-bond acceptors (Lipinski definition) is 5. The Labute approximate surface area is 174 Å². The average Bonchev–Trinajstić information content (AvgIpc) is 2.79. The van der Waals surface area contributed by atoms with Gasteiger partial charge in [0.25, 0.3) is 0 Å². The van der Waals surface area contributed by atoms with Gasteiger partial charge in [-0.15, -0.1) is 10.2 Å². The van der Waals surface area contributed by atoms with Gasteiger partial charge in [-0.1, -0.05) is 23.7 Å². The van der Waals surface area contributed by atoms with Crippen molar-refractivity contribution < 1.29 is 4.79 Å². The Morgan fingerprint density at radius 3 is 2.52 bits per heavy atom. The Kier molecular flexibility index (Phi) is 6.00. The van der Waals surface area contributed by atoms with Crippen LogP contribution in [0, 0.1) is 5.92 Å². The maximum Gasteiger partial charge on any atom is 0.223 e. The summed E-state index contributed by atoms with van der Waals surface area (Å²) in [6.07, 6.45) is 5.12. The predicted octanol–water partition coefficient (Wildman–Crippen LogP) is 3.72. The molecule has 3 aromatic rings. The van der Waals surface area contributed by atoms with Crippen LogP contribution in [0.25, 0.3) is 11.3 Å². The van der Waals surface area contributed by atoms with Crippen LogP contribution in [-0.4, -0.2) is 34.2 Å². The summed E-state index contributed by atoms with van der Waals surface area (Å²) in [7, 11) is 0. The number of pyridine rings is 1. The van der Waals surface area contributed by atoms with Gasteiger partial charge in [-0.25, -0.2) is 0 Å². The molecule has 1 amide bonds. The van der Waals surface area contributed by atoms with Gasteiger partial charge in [0.2, 0.25) is 5.91 Å². The van der Waals surface area contributed by atoms with Gasteiger partial charge in [0.05, 0.1) is 5.69 Å². The van der Waals surface area contributed by atoms with Crippen molar-refractivity contribution in [2.45, 2.75) is 19.4 Å². The first-order valence-corrected chi connectivity index (χ1v) is 10.1. The summed E-state index contributed by atoms with van der Waals surface area (Å²) in [6, 6.07) is 15.3. The molecule has 1 fully saturated rings. The van der Waals surface area contributed by atoms with Gasteiger partial charge >= 0.3 is 0 Å². The number of aromatic nitrogens is 3. The van der Waals surface area contributed by atoms with E-state index in [1.807, 2.05) is 48.5 Å². The third-order valence-electron chi connectivity index (χ3n) is 5.18. The van der Waals surface area contributed by atoms with Crippen molar-refractivity contribution in [2.75, 3.05) is 18.0 Å². The number of nitrogens with one attached hydrogen (secondary N) is 1. The molecular weight excluding hydrogens is 386 g/mol. The zero-order valence-corrected chi connectivity index (χ0v) is 16.7. The van der Waals surface area contributed by atoms with Crippen molar-refractivity contribution in [3.8, 4) is 11.3 Å². The molecule has 0 spiro atoms. The number of hydrogen-bond donors (Lipinski definition) is 1. The van der Waals surface area contributed by atoms with E-state index < -0.39 is 0 Å². The summed E-state index contributed by atoms with van der Waals surface area (Å²) in [5, 5.41) is 12.4. The molecule has 1 aliphatic rings. The molecule has 1 aliphatic heterocycles. The van der Waals surface area contributed by atoms with E-state index in [0.717, 1.165) is 48.6 Å². The van der Waals surface area contributed by atoms with Crippen LogP contribution in [0.4, 0.5) is 5.82 Å². The van der Waals surface area contributed by atoms with Gasteiger partial charge in [0.1, 0.15) is 0 Å². The molecule has 0 saturated carbocycles. The third kappa shape index (κ3) is 4.90. The van der Waals surface area contributed by atoms with Crippen LogP contribution in [0.5, 0.6) is 0 Å². The molecule has 1 N–H and O–H groups in total. The first-order valence-electron chi connectivity index (χ1n) is 9.70. The van der Waals surface area contributed by atoms with Gasteiger partial charge in [-0.3, -0.25) is 9.78 Å². The van der Waals surface area contributed by atoms with E-state index in [1.54, 1.807) is 12.4 Å². The Bertz CT molecular complexity index is 939. The standard InChI is InChI=1S/C22H22ClN5O/c23-19-5-3-16(4-6-19)14-25-22(29)17-9-12-28(13-10-17)21-8-7-20(26-27-21)18-2-1-11-24-15-18/h1-8,11,15,17H,9-10,12-14H2,(H,25,29). The van der Waals surface area contributed by atoms with Crippen molar-refractivity contribution in [3.63, 3.8) is 0 Å². The van der Waals surface area contributed by atoms with E-state index in [4.69, 9.17) is 11.6 Å². The molecule has 0 aliphatic carbocycles. The number of carbonyl (C=O) groups excluding carboxylic acids is 1. The number of rotatable bonds is 5. The van der Waals surface area contributed by atoms with Gasteiger partial charge in [-0.05, 0) is 54.8 Å². The SMILES string of the molecule is O=C(NCc1ccc(Cl)cc1)C1CCN(c2ccc(-c3cccnc3)nn2)CC1. The van der Waals surface area contributed by atoms with E-state index in [0.29, 0.717) is 11.6 Å². The Balaban J connectivity index is 1.28. The fraction of sp³-hybridized carbons (Fsp3) is 0.273. The smallest absolute Gasteiger partial charge is 0.223 e. The zero-order valence-electron chi connectivity index (χ0n) is 16.0. The molecule has 1 saturated heterocycles. The zero-order chi connectivity index (χ0) is 20.1. The van der Waals surface area contributed by atoms with Gasteiger partial charge in [-0.2, -0.15) is 0 Å². The number of anilines is 1. The normalized spacial score (nSPS) is 14.6. The molecule has 6 nitrogen and oxygen atoms in total. The number of nitrogens with zero attached hydrogens (tertiary/aromatic N) is 4. The second kappa shape index (κ2) is 9.01. The van der Waals surface area contributed by atoms with E-state index in [2.05, 4.69) is 25.4 Å². The lowest BCUT2D eigenvalue weighted by Gasteiger charge is -2.31. The van der Waals surface area contributed by atoms with Crippen LogP contribution in [-0.2, 0) is 11.3 Å². The molecule has 2 aromatic heterocycles. The van der Waals surface area contributed by atoms with E-state index >= 15 is 0 Å². The number of benzene rings is 1. The lowest BCUT2D eigenvalue weighted by atomic mass is 9.96. The minimum Gasteiger partial charge on any atom is -0.355 e. The molecule has 0 atom stereocenters. The van der Waals surface area contributed by atoms with Crippen molar-refractivity contribution in [1.82, 2.24) is 20.5 Å². The van der Waals surface area contributed by atoms with Gasteiger partial charge in [0.15, 0.2) is 5.82 Å². The molecule has 4 rings (SSSR count). The second-order valence-corrected chi connectivity index (χ2v) is 7.56. The molecule has 3 heterocycles. The van der Waals surface area contributed by atoms with Gasteiger partial charge in [0, 0.05) is 48.5 Å². The Hall–Kier alpha value is -2.99.